The minimum absolute atomic E-state index is 0.103. The van der Waals surface area contributed by atoms with Crippen LogP contribution in [0, 0.1) is 0 Å². The lowest BCUT2D eigenvalue weighted by Gasteiger charge is -2.11. The fourth-order valence-electron chi connectivity index (χ4n) is 2.09. The van der Waals surface area contributed by atoms with E-state index in [1.807, 2.05) is 41.8 Å². The van der Waals surface area contributed by atoms with Gasteiger partial charge in [0.05, 0.1) is 0 Å². The molecule has 5 nitrogen and oxygen atoms in total. The SMILES string of the molecule is CN(C)C(=O)CCc1ccc(NC(=S)NC(=O)/C=C/c2cccs2)cc1. The molecular formula is C19H21N3O2S2. The van der Waals surface area contributed by atoms with E-state index in [1.165, 1.54) is 6.08 Å². The molecule has 26 heavy (non-hydrogen) atoms. The van der Waals surface area contributed by atoms with Crippen molar-refractivity contribution in [2.45, 2.75) is 12.8 Å². The molecule has 1 aromatic heterocycles. The summed E-state index contributed by atoms with van der Waals surface area (Å²) in [5.74, 6) is -0.179. The maximum atomic E-state index is 11.8. The van der Waals surface area contributed by atoms with Gasteiger partial charge in [0.15, 0.2) is 5.11 Å². The van der Waals surface area contributed by atoms with Crippen LogP contribution in [0.3, 0.4) is 0 Å². The van der Waals surface area contributed by atoms with E-state index in [4.69, 9.17) is 12.2 Å². The van der Waals surface area contributed by atoms with Crippen molar-refractivity contribution in [3.63, 3.8) is 0 Å². The second-order valence-electron chi connectivity index (χ2n) is 5.78. The van der Waals surface area contributed by atoms with Gasteiger partial charge in [-0.3, -0.25) is 14.9 Å². The third-order valence-electron chi connectivity index (χ3n) is 3.52. The zero-order chi connectivity index (χ0) is 18.9. The Hall–Kier alpha value is -2.51. The highest BCUT2D eigenvalue weighted by Gasteiger charge is 2.05. The van der Waals surface area contributed by atoms with Crippen LogP contribution in [0.15, 0.2) is 47.9 Å². The predicted octanol–water partition coefficient (Wildman–Crippen LogP) is 3.30. The normalized spacial score (nSPS) is 10.5. The Morgan fingerprint density at radius 1 is 1.19 bits per heavy atom. The maximum absolute atomic E-state index is 11.8. The molecular weight excluding hydrogens is 366 g/mol. The van der Waals surface area contributed by atoms with Crippen molar-refractivity contribution in [3.05, 3.63) is 58.3 Å². The fourth-order valence-corrected chi connectivity index (χ4v) is 2.93. The summed E-state index contributed by atoms with van der Waals surface area (Å²) >= 11 is 6.70. The van der Waals surface area contributed by atoms with Crippen molar-refractivity contribution in [2.75, 3.05) is 19.4 Å². The molecule has 0 saturated carbocycles. The van der Waals surface area contributed by atoms with Crippen LogP contribution in [0.25, 0.3) is 6.08 Å². The monoisotopic (exact) mass is 387 g/mol. The molecule has 0 aliphatic rings. The minimum atomic E-state index is -0.283. The number of carbonyl (C=O) groups is 2. The van der Waals surface area contributed by atoms with Crippen molar-refractivity contribution in [1.29, 1.82) is 0 Å². The first kappa shape index (κ1) is 19.8. The van der Waals surface area contributed by atoms with Gasteiger partial charge in [-0.05, 0) is 53.9 Å². The van der Waals surface area contributed by atoms with E-state index in [1.54, 1.807) is 36.4 Å². The van der Waals surface area contributed by atoms with Gasteiger partial charge in [-0.1, -0.05) is 18.2 Å². The van der Waals surface area contributed by atoms with Crippen LogP contribution < -0.4 is 10.6 Å². The molecule has 0 unspecified atom stereocenters. The molecule has 0 aliphatic heterocycles. The van der Waals surface area contributed by atoms with Crippen molar-refractivity contribution >= 4 is 52.2 Å². The summed E-state index contributed by atoms with van der Waals surface area (Å²) in [4.78, 5) is 26.0. The number of thiophene rings is 1. The number of nitrogens with one attached hydrogen (secondary N) is 2. The van der Waals surface area contributed by atoms with Gasteiger partial charge in [-0.15, -0.1) is 11.3 Å². The number of nitrogens with zero attached hydrogens (tertiary/aromatic N) is 1. The highest BCUT2D eigenvalue weighted by atomic mass is 32.1. The number of thiocarbonyl (C=S) groups is 1. The van der Waals surface area contributed by atoms with Crippen LogP contribution >= 0.6 is 23.6 Å². The number of amides is 2. The van der Waals surface area contributed by atoms with E-state index in [0.29, 0.717) is 12.8 Å². The first-order valence-electron chi connectivity index (χ1n) is 8.06. The smallest absolute Gasteiger partial charge is 0.250 e. The van der Waals surface area contributed by atoms with Gasteiger partial charge in [-0.25, -0.2) is 0 Å². The van der Waals surface area contributed by atoms with Gasteiger partial charge in [0, 0.05) is 37.2 Å². The van der Waals surface area contributed by atoms with Gasteiger partial charge < -0.3 is 10.2 Å². The van der Waals surface area contributed by atoms with Gasteiger partial charge in [0.2, 0.25) is 11.8 Å². The first-order valence-corrected chi connectivity index (χ1v) is 9.35. The molecule has 0 aliphatic carbocycles. The molecule has 0 atom stereocenters. The highest BCUT2D eigenvalue weighted by molar-refractivity contribution is 7.80. The lowest BCUT2D eigenvalue weighted by atomic mass is 10.1. The molecule has 0 radical (unpaired) electrons. The van der Waals surface area contributed by atoms with E-state index in [-0.39, 0.29) is 16.9 Å². The summed E-state index contributed by atoms with van der Waals surface area (Å²) in [7, 11) is 3.50. The molecule has 0 fully saturated rings. The molecule has 1 heterocycles. The summed E-state index contributed by atoms with van der Waals surface area (Å²) < 4.78 is 0. The number of hydrogen-bond donors (Lipinski definition) is 2. The molecule has 136 valence electrons. The zero-order valence-corrected chi connectivity index (χ0v) is 16.3. The van der Waals surface area contributed by atoms with Crippen LogP contribution in [-0.4, -0.2) is 35.9 Å². The number of carbonyl (C=O) groups excluding carboxylic acids is 2. The largest absolute Gasteiger partial charge is 0.349 e. The summed E-state index contributed by atoms with van der Waals surface area (Å²) in [6.45, 7) is 0. The summed E-state index contributed by atoms with van der Waals surface area (Å²) in [5, 5.41) is 7.76. The van der Waals surface area contributed by atoms with E-state index in [2.05, 4.69) is 10.6 Å². The average Bonchev–Trinajstić information content (AvgIpc) is 3.12. The summed E-state index contributed by atoms with van der Waals surface area (Å²) in [6, 6.07) is 11.5. The Morgan fingerprint density at radius 3 is 2.54 bits per heavy atom. The Morgan fingerprint density at radius 2 is 1.92 bits per heavy atom. The number of benzene rings is 1. The number of hydrogen-bond acceptors (Lipinski definition) is 4. The number of rotatable bonds is 6. The Kier molecular flexibility index (Phi) is 7.50. The third kappa shape index (κ3) is 6.78. The van der Waals surface area contributed by atoms with Gasteiger partial charge >= 0.3 is 0 Å². The van der Waals surface area contributed by atoms with Crippen molar-refractivity contribution in [3.8, 4) is 0 Å². The number of anilines is 1. The highest BCUT2D eigenvalue weighted by Crippen LogP contribution is 2.12. The fraction of sp³-hybridized carbons (Fsp3) is 0.211. The summed E-state index contributed by atoms with van der Waals surface area (Å²) in [5.41, 5.74) is 1.85. The Labute approximate surface area is 162 Å². The second-order valence-corrected chi connectivity index (χ2v) is 7.16. The molecule has 0 bridgehead atoms. The molecule has 0 spiro atoms. The molecule has 7 heteroatoms. The van der Waals surface area contributed by atoms with Crippen LogP contribution in [0.4, 0.5) is 5.69 Å². The zero-order valence-electron chi connectivity index (χ0n) is 14.7. The average molecular weight is 388 g/mol. The Bertz CT molecular complexity index is 782. The Balaban J connectivity index is 1.79. The van der Waals surface area contributed by atoms with Gasteiger partial charge in [0.1, 0.15) is 0 Å². The predicted molar refractivity (Wildman–Crippen MR) is 111 cm³/mol. The second kappa shape index (κ2) is 9.84. The van der Waals surface area contributed by atoms with E-state index in [0.717, 1.165) is 16.1 Å². The van der Waals surface area contributed by atoms with Crippen LogP contribution in [-0.2, 0) is 16.0 Å². The van der Waals surface area contributed by atoms with E-state index in [9.17, 15) is 9.59 Å². The van der Waals surface area contributed by atoms with Crippen molar-refractivity contribution < 1.29 is 9.59 Å². The standard InChI is InChI=1S/C19H21N3O2S2/c1-22(2)18(24)12-7-14-5-8-15(9-6-14)20-19(25)21-17(23)11-10-16-4-3-13-26-16/h3-6,8-11,13H,7,12H2,1-2H3,(H2,20,21,23,25)/b11-10+. The molecule has 2 N–H and O–H groups in total. The van der Waals surface area contributed by atoms with E-state index >= 15 is 0 Å². The molecule has 2 amide bonds. The molecule has 2 rings (SSSR count). The first-order chi connectivity index (χ1) is 12.4. The lowest BCUT2D eigenvalue weighted by molar-refractivity contribution is -0.128. The minimum Gasteiger partial charge on any atom is -0.349 e. The maximum Gasteiger partial charge on any atom is 0.250 e. The van der Waals surface area contributed by atoms with E-state index < -0.39 is 0 Å². The van der Waals surface area contributed by atoms with Crippen LogP contribution in [0.1, 0.15) is 16.9 Å². The number of aryl methyl sites for hydroxylation is 1. The summed E-state index contributed by atoms with van der Waals surface area (Å²) in [6.07, 6.45) is 4.36. The molecule has 2 aromatic rings. The topological polar surface area (TPSA) is 61.4 Å². The van der Waals surface area contributed by atoms with Gasteiger partial charge in [0.25, 0.3) is 0 Å². The molecule has 1 aromatic carbocycles. The van der Waals surface area contributed by atoms with Crippen molar-refractivity contribution in [2.24, 2.45) is 0 Å². The van der Waals surface area contributed by atoms with Gasteiger partial charge in [-0.2, -0.15) is 0 Å². The molecule has 0 saturated heterocycles. The third-order valence-corrected chi connectivity index (χ3v) is 4.56. The lowest BCUT2D eigenvalue weighted by Crippen LogP contribution is -2.32. The van der Waals surface area contributed by atoms with Crippen LogP contribution in [0.2, 0.25) is 0 Å². The van der Waals surface area contributed by atoms with Crippen molar-refractivity contribution in [1.82, 2.24) is 10.2 Å². The quantitative estimate of drug-likeness (QED) is 0.590. The van der Waals surface area contributed by atoms with Crippen LogP contribution in [0.5, 0.6) is 0 Å².